The van der Waals surface area contributed by atoms with Gasteiger partial charge in [-0.05, 0) is 48.7 Å². The predicted molar refractivity (Wildman–Crippen MR) is 96.4 cm³/mol. The van der Waals surface area contributed by atoms with Crippen LogP contribution in [0.1, 0.15) is 11.1 Å². The van der Waals surface area contributed by atoms with Crippen molar-refractivity contribution < 1.29 is 14.3 Å². The van der Waals surface area contributed by atoms with Gasteiger partial charge in [0, 0.05) is 16.6 Å². The van der Waals surface area contributed by atoms with Crippen LogP contribution >= 0.6 is 23.2 Å². The van der Waals surface area contributed by atoms with Crippen LogP contribution in [0.3, 0.4) is 0 Å². The molecule has 2 aromatic carbocycles. The van der Waals surface area contributed by atoms with E-state index in [0.29, 0.717) is 34.5 Å². The number of hydrogen-bond acceptors (Lipinski definition) is 3. The van der Waals surface area contributed by atoms with Crippen LogP contribution in [-0.4, -0.2) is 26.2 Å². The van der Waals surface area contributed by atoms with E-state index >= 15 is 0 Å². The van der Waals surface area contributed by atoms with Crippen molar-refractivity contribution in [3.63, 3.8) is 0 Å². The van der Waals surface area contributed by atoms with Crippen molar-refractivity contribution in [2.75, 3.05) is 20.3 Å². The van der Waals surface area contributed by atoms with Crippen LogP contribution in [0.2, 0.25) is 10.0 Å². The van der Waals surface area contributed by atoms with E-state index in [4.69, 9.17) is 32.7 Å². The summed E-state index contributed by atoms with van der Waals surface area (Å²) in [6.45, 7) is 2.35. The summed E-state index contributed by atoms with van der Waals surface area (Å²) in [5.41, 5.74) is 1.99. The van der Waals surface area contributed by atoms with Gasteiger partial charge in [0.05, 0.1) is 7.11 Å². The maximum absolute atomic E-state index is 11.9. The molecule has 0 aromatic heterocycles. The molecule has 6 heteroatoms. The Morgan fingerprint density at radius 2 is 1.92 bits per heavy atom. The summed E-state index contributed by atoms with van der Waals surface area (Å²) in [6, 6.07) is 10.9. The molecule has 24 heavy (non-hydrogen) atoms. The molecule has 0 spiro atoms. The second kappa shape index (κ2) is 8.81. The lowest BCUT2D eigenvalue weighted by atomic mass is 10.1. The molecule has 2 rings (SSSR count). The number of hydrogen-bond donors (Lipinski definition) is 1. The maximum atomic E-state index is 11.9. The number of methoxy groups -OCH3 is 1. The minimum atomic E-state index is -0.206. The summed E-state index contributed by atoms with van der Waals surface area (Å²) in [5.74, 6) is 0.942. The van der Waals surface area contributed by atoms with Gasteiger partial charge in [-0.1, -0.05) is 35.3 Å². The van der Waals surface area contributed by atoms with Crippen LogP contribution < -0.4 is 14.8 Å². The molecule has 0 saturated heterocycles. The number of amides is 1. The number of halogens is 2. The summed E-state index contributed by atoms with van der Waals surface area (Å²) in [6.07, 6.45) is 0.621. The first-order valence-electron chi connectivity index (χ1n) is 7.47. The molecule has 1 amide bonds. The second-order valence-electron chi connectivity index (χ2n) is 5.28. The quantitative estimate of drug-likeness (QED) is 0.802. The fourth-order valence-corrected chi connectivity index (χ4v) is 2.65. The molecule has 0 unspecified atom stereocenters. The van der Waals surface area contributed by atoms with E-state index in [1.54, 1.807) is 25.3 Å². The first-order chi connectivity index (χ1) is 11.5. The molecule has 0 heterocycles. The summed E-state index contributed by atoms with van der Waals surface area (Å²) in [5, 5.41) is 3.98. The van der Waals surface area contributed by atoms with Gasteiger partial charge < -0.3 is 14.8 Å². The van der Waals surface area contributed by atoms with Crippen LogP contribution in [0.4, 0.5) is 0 Å². The predicted octanol–water partition coefficient (Wildman–Crippen LogP) is 4.05. The Morgan fingerprint density at radius 3 is 2.62 bits per heavy atom. The highest BCUT2D eigenvalue weighted by Gasteiger charge is 2.08. The van der Waals surface area contributed by atoms with Crippen LogP contribution in [0.15, 0.2) is 36.4 Å². The highest BCUT2D eigenvalue weighted by atomic mass is 35.5. The van der Waals surface area contributed by atoms with Crippen LogP contribution in [-0.2, 0) is 11.2 Å². The van der Waals surface area contributed by atoms with Crippen molar-refractivity contribution in [2.45, 2.75) is 13.3 Å². The Hall–Kier alpha value is -1.91. The molecule has 0 aliphatic carbocycles. The fraction of sp³-hybridized carbons (Fsp3) is 0.278. The number of ether oxygens (including phenoxy) is 2. The number of carbonyl (C=O) groups is 1. The smallest absolute Gasteiger partial charge is 0.257 e. The van der Waals surface area contributed by atoms with Crippen LogP contribution in [0.5, 0.6) is 11.5 Å². The first-order valence-corrected chi connectivity index (χ1v) is 8.23. The van der Waals surface area contributed by atoms with Gasteiger partial charge in [-0.3, -0.25) is 4.79 Å². The Labute approximate surface area is 151 Å². The Balaban J connectivity index is 1.79. The van der Waals surface area contributed by atoms with Gasteiger partial charge in [-0.2, -0.15) is 0 Å². The number of benzene rings is 2. The van der Waals surface area contributed by atoms with E-state index in [1.807, 2.05) is 25.1 Å². The highest BCUT2D eigenvalue weighted by Crippen LogP contribution is 2.27. The Morgan fingerprint density at radius 1 is 1.12 bits per heavy atom. The molecule has 1 N–H and O–H groups in total. The van der Waals surface area contributed by atoms with Gasteiger partial charge in [-0.25, -0.2) is 0 Å². The number of aryl methyl sites for hydroxylation is 1. The monoisotopic (exact) mass is 367 g/mol. The van der Waals surface area contributed by atoms with Gasteiger partial charge in [-0.15, -0.1) is 0 Å². The largest absolute Gasteiger partial charge is 0.493 e. The SMILES string of the molecule is COc1cc(C)ccc1OCC(=O)NCCc1ccc(Cl)cc1Cl. The molecule has 0 atom stereocenters. The second-order valence-corrected chi connectivity index (χ2v) is 6.12. The standard InChI is InChI=1S/C18H19Cl2NO3/c1-12-3-6-16(17(9-12)23-2)24-11-18(22)21-8-7-13-4-5-14(19)10-15(13)20/h3-6,9-10H,7-8,11H2,1-2H3,(H,21,22). The molecule has 0 aliphatic heterocycles. The minimum Gasteiger partial charge on any atom is -0.493 e. The van der Waals surface area contributed by atoms with Crippen molar-refractivity contribution in [1.82, 2.24) is 5.32 Å². The molecule has 0 radical (unpaired) electrons. The normalized spacial score (nSPS) is 10.3. The van der Waals surface area contributed by atoms with Gasteiger partial charge in [0.1, 0.15) is 0 Å². The zero-order valence-corrected chi connectivity index (χ0v) is 15.1. The minimum absolute atomic E-state index is 0.0756. The van der Waals surface area contributed by atoms with Gasteiger partial charge >= 0.3 is 0 Å². The zero-order chi connectivity index (χ0) is 17.5. The van der Waals surface area contributed by atoms with E-state index in [2.05, 4.69) is 5.32 Å². The van der Waals surface area contributed by atoms with Gasteiger partial charge in [0.15, 0.2) is 18.1 Å². The maximum Gasteiger partial charge on any atom is 0.257 e. The van der Waals surface area contributed by atoms with E-state index in [-0.39, 0.29) is 12.5 Å². The number of carbonyl (C=O) groups excluding carboxylic acids is 1. The molecule has 2 aromatic rings. The zero-order valence-electron chi connectivity index (χ0n) is 13.6. The molecule has 0 bridgehead atoms. The molecule has 0 saturated carbocycles. The molecule has 0 fully saturated rings. The van der Waals surface area contributed by atoms with E-state index in [9.17, 15) is 4.79 Å². The van der Waals surface area contributed by atoms with Crippen molar-refractivity contribution in [1.29, 1.82) is 0 Å². The number of rotatable bonds is 7. The van der Waals surface area contributed by atoms with Gasteiger partial charge in [0.25, 0.3) is 5.91 Å². The lowest BCUT2D eigenvalue weighted by Crippen LogP contribution is -2.30. The average Bonchev–Trinajstić information content (AvgIpc) is 2.55. The van der Waals surface area contributed by atoms with Crippen molar-refractivity contribution in [2.24, 2.45) is 0 Å². The third-order valence-corrected chi connectivity index (χ3v) is 4.00. The van der Waals surface area contributed by atoms with Crippen molar-refractivity contribution >= 4 is 29.1 Å². The third kappa shape index (κ3) is 5.32. The average molecular weight is 368 g/mol. The molecule has 4 nitrogen and oxygen atoms in total. The van der Waals surface area contributed by atoms with Crippen molar-refractivity contribution in [3.05, 3.63) is 57.6 Å². The Kier molecular flexibility index (Phi) is 6.76. The topological polar surface area (TPSA) is 47.6 Å². The lowest BCUT2D eigenvalue weighted by molar-refractivity contribution is -0.123. The lowest BCUT2D eigenvalue weighted by Gasteiger charge is -2.11. The Bertz CT molecular complexity index is 719. The van der Waals surface area contributed by atoms with Crippen molar-refractivity contribution in [3.8, 4) is 11.5 Å². The highest BCUT2D eigenvalue weighted by molar-refractivity contribution is 6.35. The molecular formula is C18H19Cl2NO3. The van der Waals surface area contributed by atoms with E-state index in [1.165, 1.54) is 0 Å². The van der Waals surface area contributed by atoms with Crippen LogP contribution in [0.25, 0.3) is 0 Å². The van der Waals surface area contributed by atoms with E-state index in [0.717, 1.165) is 11.1 Å². The molecule has 0 aliphatic rings. The number of nitrogens with one attached hydrogen (secondary N) is 1. The molecular weight excluding hydrogens is 349 g/mol. The summed E-state index contributed by atoms with van der Waals surface area (Å²) in [7, 11) is 1.57. The van der Waals surface area contributed by atoms with Gasteiger partial charge in [0.2, 0.25) is 0 Å². The van der Waals surface area contributed by atoms with E-state index < -0.39 is 0 Å². The fourth-order valence-electron chi connectivity index (χ4n) is 2.15. The first kappa shape index (κ1) is 18.4. The van der Waals surface area contributed by atoms with Crippen LogP contribution in [0, 0.1) is 6.92 Å². The third-order valence-electron chi connectivity index (χ3n) is 3.41. The summed E-state index contributed by atoms with van der Waals surface area (Å²) < 4.78 is 10.7. The summed E-state index contributed by atoms with van der Waals surface area (Å²) >= 11 is 12.0. The summed E-state index contributed by atoms with van der Waals surface area (Å²) in [4.78, 5) is 11.9. The molecule has 128 valence electrons.